The normalized spacial score (nSPS) is 11.0. The molecule has 3 rings (SSSR count). The van der Waals surface area contributed by atoms with Crippen molar-refractivity contribution in [2.75, 3.05) is 7.11 Å². The van der Waals surface area contributed by atoms with E-state index in [4.69, 9.17) is 21.1 Å². The zero-order chi connectivity index (χ0) is 19.9. The number of benzene rings is 3. The van der Waals surface area contributed by atoms with E-state index in [0.29, 0.717) is 17.2 Å². The quantitative estimate of drug-likeness (QED) is 0.305. The molecule has 140 valence electrons. The van der Waals surface area contributed by atoms with Gasteiger partial charge in [0.05, 0.1) is 23.2 Å². The van der Waals surface area contributed by atoms with E-state index in [1.165, 1.54) is 0 Å². The SMILES string of the molecule is COc1ccc(/C(C#N)=C/c2ccc(OCc3ccc(Cl)cc3)c(Br)c2)cc1. The van der Waals surface area contributed by atoms with Crippen LogP contribution in [0.15, 0.2) is 71.2 Å². The highest BCUT2D eigenvalue weighted by Gasteiger charge is 2.06. The molecule has 0 radical (unpaired) electrons. The largest absolute Gasteiger partial charge is 0.497 e. The Morgan fingerprint density at radius 2 is 1.79 bits per heavy atom. The van der Waals surface area contributed by atoms with Crippen LogP contribution in [0.4, 0.5) is 0 Å². The lowest BCUT2D eigenvalue weighted by molar-refractivity contribution is 0.304. The van der Waals surface area contributed by atoms with Gasteiger partial charge in [-0.15, -0.1) is 0 Å². The minimum Gasteiger partial charge on any atom is -0.497 e. The van der Waals surface area contributed by atoms with Gasteiger partial charge in [0.15, 0.2) is 0 Å². The summed E-state index contributed by atoms with van der Waals surface area (Å²) in [6.45, 7) is 0.445. The molecule has 0 aliphatic rings. The zero-order valence-corrected chi connectivity index (χ0v) is 17.5. The summed E-state index contributed by atoms with van der Waals surface area (Å²) in [5.41, 5.74) is 3.34. The van der Waals surface area contributed by atoms with Gasteiger partial charge in [-0.1, -0.05) is 29.8 Å². The Bertz CT molecular complexity index is 1020. The second-order valence-electron chi connectivity index (χ2n) is 6.00. The van der Waals surface area contributed by atoms with Crippen LogP contribution in [-0.2, 0) is 6.61 Å². The third-order valence-corrected chi connectivity index (χ3v) is 4.97. The molecule has 0 unspecified atom stereocenters. The predicted molar refractivity (Wildman–Crippen MR) is 116 cm³/mol. The first-order chi connectivity index (χ1) is 13.6. The van der Waals surface area contributed by atoms with Crippen LogP contribution in [0, 0.1) is 11.3 Å². The Kier molecular flexibility index (Phi) is 6.76. The van der Waals surface area contributed by atoms with E-state index in [1.807, 2.05) is 72.8 Å². The molecule has 3 aromatic rings. The maximum Gasteiger partial charge on any atom is 0.134 e. The van der Waals surface area contributed by atoms with Crippen LogP contribution in [0.25, 0.3) is 11.6 Å². The Morgan fingerprint density at radius 1 is 1.07 bits per heavy atom. The van der Waals surface area contributed by atoms with Crippen LogP contribution in [0.5, 0.6) is 11.5 Å². The van der Waals surface area contributed by atoms with Crippen LogP contribution in [0.2, 0.25) is 5.02 Å². The van der Waals surface area contributed by atoms with E-state index in [9.17, 15) is 5.26 Å². The molecule has 0 heterocycles. The van der Waals surface area contributed by atoms with Gasteiger partial charge < -0.3 is 9.47 Å². The fraction of sp³-hybridized carbons (Fsp3) is 0.0870. The van der Waals surface area contributed by atoms with Crippen LogP contribution in [0.3, 0.4) is 0 Å². The summed E-state index contributed by atoms with van der Waals surface area (Å²) in [5, 5.41) is 10.2. The number of halogens is 2. The van der Waals surface area contributed by atoms with Crippen molar-refractivity contribution in [2.24, 2.45) is 0 Å². The summed E-state index contributed by atoms with van der Waals surface area (Å²) in [4.78, 5) is 0. The highest BCUT2D eigenvalue weighted by molar-refractivity contribution is 9.10. The van der Waals surface area contributed by atoms with Gasteiger partial charge in [0, 0.05) is 5.02 Å². The van der Waals surface area contributed by atoms with Gasteiger partial charge in [0.2, 0.25) is 0 Å². The van der Waals surface area contributed by atoms with Crippen molar-refractivity contribution >= 4 is 39.2 Å². The smallest absolute Gasteiger partial charge is 0.134 e. The molecule has 0 aliphatic carbocycles. The van der Waals surface area contributed by atoms with Crippen molar-refractivity contribution in [1.82, 2.24) is 0 Å². The molecule has 0 atom stereocenters. The van der Waals surface area contributed by atoms with Crippen LogP contribution >= 0.6 is 27.5 Å². The van der Waals surface area contributed by atoms with E-state index in [-0.39, 0.29) is 0 Å². The van der Waals surface area contributed by atoms with Crippen molar-refractivity contribution in [3.63, 3.8) is 0 Å². The molecule has 0 saturated carbocycles. The molecule has 0 amide bonds. The average Bonchev–Trinajstić information content (AvgIpc) is 2.72. The van der Waals surface area contributed by atoms with Gasteiger partial charge >= 0.3 is 0 Å². The summed E-state index contributed by atoms with van der Waals surface area (Å²) in [5.74, 6) is 1.49. The van der Waals surface area contributed by atoms with E-state index < -0.39 is 0 Å². The minimum atomic E-state index is 0.445. The van der Waals surface area contributed by atoms with Gasteiger partial charge in [-0.2, -0.15) is 5.26 Å². The first kappa shape index (κ1) is 20.0. The monoisotopic (exact) mass is 453 g/mol. The summed E-state index contributed by atoms with van der Waals surface area (Å²) in [6, 6.07) is 22.9. The van der Waals surface area contributed by atoms with Crippen molar-refractivity contribution in [2.45, 2.75) is 6.61 Å². The van der Waals surface area contributed by atoms with Crippen LogP contribution in [-0.4, -0.2) is 7.11 Å². The van der Waals surface area contributed by atoms with E-state index in [1.54, 1.807) is 7.11 Å². The third kappa shape index (κ3) is 5.16. The number of hydrogen-bond donors (Lipinski definition) is 0. The molecule has 0 spiro atoms. The van der Waals surface area contributed by atoms with Gasteiger partial charge in [-0.25, -0.2) is 0 Å². The van der Waals surface area contributed by atoms with Crippen LogP contribution < -0.4 is 9.47 Å². The second kappa shape index (κ2) is 9.45. The molecule has 0 aromatic heterocycles. The first-order valence-electron chi connectivity index (χ1n) is 8.52. The summed E-state index contributed by atoms with van der Waals surface area (Å²) >= 11 is 9.45. The van der Waals surface area contributed by atoms with Crippen molar-refractivity contribution in [3.8, 4) is 17.6 Å². The number of rotatable bonds is 6. The Hall–Kier alpha value is -2.74. The van der Waals surface area contributed by atoms with Gasteiger partial charge in [0.25, 0.3) is 0 Å². The summed E-state index contributed by atoms with van der Waals surface area (Å²) in [7, 11) is 1.62. The second-order valence-corrected chi connectivity index (χ2v) is 7.29. The Morgan fingerprint density at radius 3 is 2.39 bits per heavy atom. The highest BCUT2D eigenvalue weighted by atomic mass is 79.9. The number of nitriles is 1. The van der Waals surface area contributed by atoms with Gasteiger partial charge in [-0.05, 0) is 87.2 Å². The molecule has 0 saturated heterocycles. The lowest BCUT2D eigenvalue weighted by Crippen LogP contribution is -1.96. The number of hydrogen-bond acceptors (Lipinski definition) is 3. The predicted octanol–water partition coefficient (Wildman–Crippen LogP) is 6.75. The number of allylic oxidation sites excluding steroid dienone is 1. The van der Waals surface area contributed by atoms with Gasteiger partial charge in [0.1, 0.15) is 18.1 Å². The van der Waals surface area contributed by atoms with Crippen molar-refractivity contribution in [3.05, 3.63) is 92.9 Å². The van der Waals surface area contributed by atoms with E-state index in [0.717, 1.165) is 32.7 Å². The minimum absolute atomic E-state index is 0.445. The molecular formula is C23H17BrClNO2. The summed E-state index contributed by atoms with van der Waals surface area (Å²) < 4.78 is 11.9. The molecule has 0 bridgehead atoms. The standard InChI is InChI=1S/C23H17BrClNO2/c1-27-21-9-5-18(6-10-21)19(14-26)12-17-4-11-23(22(24)13-17)28-15-16-2-7-20(25)8-3-16/h2-13H,15H2,1H3/b19-12+. The third-order valence-electron chi connectivity index (χ3n) is 4.10. The Balaban J connectivity index is 1.75. The Labute approximate surface area is 177 Å². The zero-order valence-electron chi connectivity index (χ0n) is 15.2. The maximum atomic E-state index is 9.53. The molecule has 28 heavy (non-hydrogen) atoms. The maximum absolute atomic E-state index is 9.53. The number of ether oxygens (including phenoxy) is 2. The topological polar surface area (TPSA) is 42.2 Å². The molecule has 3 nitrogen and oxygen atoms in total. The molecule has 0 fully saturated rings. The fourth-order valence-electron chi connectivity index (χ4n) is 2.58. The lowest BCUT2D eigenvalue weighted by atomic mass is 10.0. The summed E-state index contributed by atoms with van der Waals surface area (Å²) in [6.07, 6.45) is 1.84. The molecule has 3 aromatic carbocycles. The highest BCUT2D eigenvalue weighted by Crippen LogP contribution is 2.29. The van der Waals surface area contributed by atoms with E-state index >= 15 is 0 Å². The lowest BCUT2D eigenvalue weighted by Gasteiger charge is -2.09. The number of methoxy groups -OCH3 is 1. The van der Waals surface area contributed by atoms with Crippen molar-refractivity contribution < 1.29 is 9.47 Å². The molecule has 0 aliphatic heterocycles. The number of nitrogens with zero attached hydrogens (tertiary/aromatic N) is 1. The first-order valence-corrected chi connectivity index (χ1v) is 9.69. The van der Waals surface area contributed by atoms with E-state index in [2.05, 4.69) is 22.0 Å². The van der Waals surface area contributed by atoms with Crippen LogP contribution in [0.1, 0.15) is 16.7 Å². The van der Waals surface area contributed by atoms with Crippen molar-refractivity contribution in [1.29, 1.82) is 5.26 Å². The fourth-order valence-corrected chi connectivity index (χ4v) is 3.22. The van der Waals surface area contributed by atoms with Gasteiger partial charge in [-0.3, -0.25) is 0 Å². The average molecular weight is 455 g/mol. The molecule has 0 N–H and O–H groups in total. The molecular weight excluding hydrogens is 438 g/mol. The molecule has 5 heteroatoms.